The second-order valence-corrected chi connectivity index (χ2v) is 9.87. The summed E-state index contributed by atoms with van der Waals surface area (Å²) in [5, 5.41) is 2.58. The summed E-state index contributed by atoms with van der Waals surface area (Å²) in [4.78, 5) is 5.08. The number of fused-ring (bicyclic) bond motifs is 1. The highest BCUT2D eigenvalue weighted by molar-refractivity contribution is 7.68. The Hall–Kier alpha value is -2.80. The van der Waals surface area contributed by atoms with Gasteiger partial charge in [-0.3, -0.25) is 0 Å². The van der Waals surface area contributed by atoms with E-state index in [9.17, 15) is 0 Å². The lowest BCUT2D eigenvalue weighted by atomic mass is 10.1. The highest BCUT2D eigenvalue weighted by atomic mass is 31.1. The lowest BCUT2D eigenvalue weighted by Gasteiger charge is -2.25. The molecule has 0 saturated heterocycles. The molecule has 2 nitrogen and oxygen atoms in total. The minimum absolute atomic E-state index is 0.0176. The predicted molar refractivity (Wildman–Crippen MR) is 130 cm³/mol. The Morgan fingerprint density at radius 1 is 0.742 bits per heavy atom. The minimum atomic E-state index is -0.932. The van der Waals surface area contributed by atoms with Crippen LogP contribution in [-0.4, -0.2) is 4.98 Å². The minimum Gasteiger partial charge on any atom is -0.340 e. The Morgan fingerprint density at radius 3 is 2.00 bits per heavy atom. The maximum atomic E-state index is 6.96. The SMILES string of the molecule is Cc1ccccc1P(O[C@@H]1CCc2ccc(-c3ccccc3)nc21)c1ccccc1C. The van der Waals surface area contributed by atoms with Gasteiger partial charge >= 0.3 is 0 Å². The lowest BCUT2D eigenvalue weighted by Crippen LogP contribution is -2.19. The molecule has 1 aliphatic rings. The molecule has 4 aromatic rings. The molecule has 0 saturated carbocycles. The first-order valence-corrected chi connectivity index (χ1v) is 12.1. The fourth-order valence-corrected chi connectivity index (χ4v) is 6.42. The zero-order chi connectivity index (χ0) is 21.2. The number of rotatable bonds is 5. The molecule has 0 aliphatic heterocycles. The number of hydrogen-bond donors (Lipinski definition) is 0. The van der Waals surface area contributed by atoms with Crippen LogP contribution in [0.2, 0.25) is 0 Å². The summed E-state index contributed by atoms with van der Waals surface area (Å²) in [6, 6.07) is 32.0. The quantitative estimate of drug-likeness (QED) is 0.346. The third-order valence-corrected chi connectivity index (χ3v) is 8.31. The molecule has 31 heavy (non-hydrogen) atoms. The zero-order valence-electron chi connectivity index (χ0n) is 18.0. The van der Waals surface area contributed by atoms with Gasteiger partial charge in [-0.05, 0) is 49.4 Å². The molecule has 1 aromatic heterocycles. The van der Waals surface area contributed by atoms with Crippen molar-refractivity contribution < 1.29 is 4.52 Å². The van der Waals surface area contributed by atoms with Gasteiger partial charge in [0, 0.05) is 16.2 Å². The molecule has 0 amide bonds. The van der Waals surface area contributed by atoms with Gasteiger partial charge in [0.2, 0.25) is 0 Å². The highest BCUT2D eigenvalue weighted by Gasteiger charge is 2.30. The average Bonchev–Trinajstić information content (AvgIpc) is 3.21. The molecule has 0 radical (unpaired) electrons. The van der Waals surface area contributed by atoms with E-state index in [2.05, 4.69) is 98.8 Å². The first-order valence-electron chi connectivity index (χ1n) is 10.8. The Morgan fingerprint density at radius 2 is 1.35 bits per heavy atom. The van der Waals surface area contributed by atoms with Crippen molar-refractivity contribution in [3.8, 4) is 11.3 Å². The van der Waals surface area contributed by atoms with Crippen LogP contribution in [0.25, 0.3) is 11.3 Å². The number of aromatic nitrogens is 1. The van der Waals surface area contributed by atoms with Crippen molar-refractivity contribution in [3.05, 3.63) is 113 Å². The molecule has 3 heteroatoms. The van der Waals surface area contributed by atoms with Crippen LogP contribution in [0, 0.1) is 13.8 Å². The van der Waals surface area contributed by atoms with E-state index in [4.69, 9.17) is 9.51 Å². The lowest BCUT2D eigenvalue weighted by molar-refractivity contribution is 0.234. The fraction of sp³-hybridized carbons (Fsp3) is 0.179. The summed E-state index contributed by atoms with van der Waals surface area (Å²) in [5.41, 5.74) is 7.15. The number of hydrogen-bond acceptors (Lipinski definition) is 2. The summed E-state index contributed by atoms with van der Waals surface area (Å²) in [6.45, 7) is 4.36. The molecule has 5 rings (SSSR count). The standard InChI is InChI=1S/C28H26NOP/c1-20-10-6-8-14-26(20)31(27-15-9-7-11-21(27)2)30-25-19-17-23-16-18-24(29-28(23)25)22-12-4-3-5-13-22/h3-16,18,25H,17,19H2,1-2H3/t25-/m1/s1. The summed E-state index contributed by atoms with van der Waals surface area (Å²) < 4.78 is 6.96. The monoisotopic (exact) mass is 423 g/mol. The molecular weight excluding hydrogens is 397 g/mol. The zero-order valence-corrected chi connectivity index (χ0v) is 18.8. The van der Waals surface area contributed by atoms with Crippen LogP contribution in [0.5, 0.6) is 0 Å². The molecule has 3 aromatic carbocycles. The van der Waals surface area contributed by atoms with Gasteiger partial charge in [-0.25, -0.2) is 4.98 Å². The molecule has 0 spiro atoms. The molecule has 0 bridgehead atoms. The Kier molecular flexibility index (Phi) is 5.68. The molecule has 1 aliphatic carbocycles. The van der Waals surface area contributed by atoms with E-state index in [-0.39, 0.29) is 6.10 Å². The van der Waals surface area contributed by atoms with Gasteiger partial charge in [0.05, 0.1) is 19.5 Å². The third kappa shape index (κ3) is 4.06. The van der Waals surface area contributed by atoms with E-state index in [0.29, 0.717) is 0 Å². The third-order valence-electron chi connectivity index (χ3n) is 5.96. The highest BCUT2D eigenvalue weighted by Crippen LogP contribution is 2.46. The van der Waals surface area contributed by atoms with Crippen LogP contribution in [0.1, 0.15) is 34.9 Å². The van der Waals surface area contributed by atoms with Crippen LogP contribution in [0.15, 0.2) is 91.0 Å². The van der Waals surface area contributed by atoms with Crippen molar-refractivity contribution in [2.45, 2.75) is 32.8 Å². The Bertz CT molecular complexity index is 1160. The van der Waals surface area contributed by atoms with Gasteiger partial charge in [-0.15, -0.1) is 0 Å². The van der Waals surface area contributed by atoms with Crippen molar-refractivity contribution >= 4 is 18.8 Å². The second kappa shape index (κ2) is 8.75. The Labute approximate surface area is 185 Å². The molecule has 1 atom stereocenters. The largest absolute Gasteiger partial charge is 0.340 e. The molecule has 0 unspecified atom stereocenters. The van der Waals surface area contributed by atoms with Gasteiger partial charge in [0.25, 0.3) is 0 Å². The second-order valence-electron chi connectivity index (χ2n) is 8.11. The van der Waals surface area contributed by atoms with Gasteiger partial charge in [-0.2, -0.15) is 0 Å². The van der Waals surface area contributed by atoms with Crippen LogP contribution in [0.4, 0.5) is 0 Å². The number of nitrogens with zero attached hydrogens (tertiary/aromatic N) is 1. The van der Waals surface area contributed by atoms with Gasteiger partial charge < -0.3 is 4.52 Å². The Balaban J connectivity index is 1.53. The van der Waals surface area contributed by atoms with Crippen molar-refractivity contribution in [2.24, 2.45) is 0 Å². The van der Waals surface area contributed by atoms with Crippen LogP contribution >= 0.6 is 8.15 Å². The topological polar surface area (TPSA) is 22.1 Å². The first-order chi connectivity index (χ1) is 15.2. The van der Waals surface area contributed by atoms with Crippen molar-refractivity contribution in [1.82, 2.24) is 4.98 Å². The van der Waals surface area contributed by atoms with Crippen LogP contribution in [-0.2, 0) is 10.9 Å². The molecular formula is C28H26NOP. The average molecular weight is 423 g/mol. The summed E-state index contributed by atoms with van der Waals surface area (Å²) in [6.07, 6.45) is 2.02. The number of pyridine rings is 1. The van der Waals surface area contributed by atoms with E-state index in [1.807, 2.05) is 6.07 Å². The van der Waals surface area contributed by atoms with Gasteiger partial charge in [-0.1, -0.05) is 84.9 Å². The normalized spacial score (nSPS) is 15.3. The fourth-order valence-electron chi connectivity index (χ4n) is 4.24. The van der Waals surface area contributed by atoms with Gasteiger partial charge in [0.1, 0.15) is 6.10 Å². The van der Waals surface area contributed by atoms with Crippen molar-refractivity contribution in [1.29, 1.82) is 0 Å². The number of benzene rings is 3. The molecule has 0 N–H and O–H groups in total. The molecule has 1 heterocycles. The van der Waals surface area contributed by atoms with Crippen LogP contribution < -0.4 is 10.6 Å². The van der Waals surface area contributed by atoms with E-state index in [1.54, 1.807) is 0 Å². The van der Waals surface area contributed by atoms with E-state index >= 15 is 0 Å². The predicted octanol–water partition coefficient (Wildman–Crippen LogP) is 6.42. The first kappa shape index (κ1) is 20.1. The maximum Gasteiger partial charge on any atom is 0.105 e. The van der Waals surface area contributed by atoms with E-state index in [1.165, 1.54) is 27.3 Å². The molecule has 154 valence electrons. The maximum absolute atomic E-state index is 6.96. The summed E-state index contributed by atoms with van der Waals surface area (Å²) in [7, 11) is -0.932. The van der Waals surface area contributed by atoms with E-state index < -0.39 is 8.15 Å². The van der Waals surface area contributed by atoms with Gasteiger partial charge in [0.15, 0.2) is 0 Å². The summed E-state index contributed by atoms with van der Waals surface area (Å²) in [5.74, 6) is 0. The van der Waals surface area contributed by atoms with E-state index in [0.717, 1.165) is 29.8 Å². The van der Waals surface area contributed by atoms with Crippen LogP contribution in [0.3, 0.4) is 0 Å². The molecule has 0 fully saturated rings. The van der Waals surface area contributed by atoms with Crippen molar-refractivity contribution in [2.75, 3.05) is 0 Å². The van der Waals surface area contributed by atoms with Crippen molar-refractivity contribution in [3.63, 3.8) is 0 Å². The number of aryl methyl sites for hydroxylation is 3. The summed E-state index contributed by atoms with van der Waals surface area (Å²) >= 11 is 0. The smallest absolute Gasteiger partial charge is 0.105 e.